The van der Waals surface area contributed by atoms with E-state index in [1.807, 2.05) is 30.3 Å². The van der Waals surface area contributed by atoms with Gasteiger partial charge in [0, 0.05) is 12.0 Å². The van der Waals surface area contributed by atoms with Crippen molar-refractivity contribution in [3.05, 3.63) is 34.3 Å². The molecule has 0 saturated heterocycles. The first-order valence-electron chi connectivity index (χ1n) is 5.42. The van der Waals surface area contributed by atoms with Gasteiger partial charge in [-0.05, 0) is 24.4 Å². The Hall–Kier alpha value is -0.700. The molecule has 0 spiro atoms. The van der Waals surface area contributed by atoms with Crippen molar-refractivity contribution in [1.29, 1.82) is 0 Å². The molecule has 0 fully saturated rings. The van der Waals surface area contributed by atoms with Crippen molar-refractivity contribution in [2.24, 2.45) is 0 Å². The second-order valence-electron chi connectivity index (χ2n) is 3.86. The summed E-state index contributed by atoms with van der Waals surface area (Å²) in [5, 5.41) is 4.40. The zero-order chi connectivity index (χ0) is 13.9. The summed E-state index contributed by atoms with van der Waals surface area (Å²) in [6.07, 6.45) is 1.23. The first-order valence-corrected chi connectivity index (χ1v) is 9.69. The zero-order valence-corrected chi connectivity index (χ0v) is 13.4. The Kier molecular flexibility index (Phi) is 4.77. The van der Waals surface area contributed by atoms with Crippen LogP contribution in [0.15, 0.2) is 34.7 Å². The fourth-order valence-corrected chi connectivity index (χ4v) is 4.96. The predicted octanol–water partition coefficient (Wildman–Crippen LogP) is 2.80. The summed E-state index contributed by atoms with van der Waals surface area (Å²) in [5.74, 6) is 0.644. The quantitative estimate of drug-likeness (QED) is 0.622. The maximum atomic E-state index is 11.1. The molecule has 1 aromatic carbocycles. The van der Waals surface area contributed by atoms with Crippen LogP contribution in [0, 0.1) is 3.95 Å². The van der Waals surface area contributed by atoms with Crippen molar-refractivity contribution < 1.29 is 8.42 Å². The summed E-state index contributed by atoms with van der Waals surface area (Å²) in [4.78, 5) is 0. The number of nitrogens with zero attached hydrogens (tertiary/aromatic N) is 2. The predicted molar refractivity (Wildman–Crippen MR) is 82.7 cm³/mol. The van der Waals surface area contributed by atoms with Crippen LogP contribution >= 0.6 is 35.3 Å². The fourth-order valence-electron chi connectivity index (χ4n) is 1.33. The summed E-state index contributed by atoms with van der Waals surface area (Å²) in [7, 11) is -2.93. The first kappa shape index (κ1) is 14.7. The van der Waals surface area contributed by atoms with Crippen LogP contribution in [0.5, 0.6) is 0 Å². The minimum atomic E-state index is -2.93. The third-order valence-electron chi connectivity index (χ3n) is 2.21. The Labute approximate surface area is 125 Å². The average molecular weight is 332 g/mol. The van der Waals surface area contributed by atoms with Gasteiger partial charge in [-0.1, -0.05) is 41.3 Å². The number of thioether (sulfide) groups is 1. The number of hydrogen-bond acceptors (Lipinski definition) is 6. The Bertz CT molecular complexity index is 704. The van der Waals surface area contributed by atoms with Crippen LogP contribution < -0.4 is 0 Å². The van der Waals surface area contributed by atoms with Crippen molar-refractivity contribution in [2.75, 3.05) is 17.8 Å². The molecular formula is C11H12N2O2S4. The molecular weight excluding hydrogens is 320 g/mol. The van der Waals surface area contributed by atoms with Crippen molar-refractivity contribution in [1.82, 2.24) is 9.78 Å². The molecule has 0 aliphatic carbocycles. The molecule has 1 aromatic heterocycles. The lowest BCUT2D eigenvalue weighted by Crippen LogP contribution is -2.05. The standard InChI is InChI=1S/C11H12N2O2S4/c1-19(14,15)8-7-17-10-12-13(11(16)18-10)9-5-3-2-4-6-9/h2-6H,7-8H2,1H3. The highest BCUT2D eigenvalue weighted by atomic mass is 32.2. The van der Waals surface area contributed by atoms with E-state index < -0.39 is 9.84 Å². The SMILES string of the molecule is CS(=O)(=O)CCSc1nn(-c2ccccc2)c(=S)s1. The van der Waals surface area contributed by atoms with Crippen molar-refractivity contribution >= 4 is 45.2 Å². The van der Waals surface area contributed by atoms with Gasteiger partial charge in [-0.15, -0.1) is 5.10 Å². The molecule has 0 saturated carbocycles. The summed E-state index contributed by atoms with van der Waals surface area (Å²) in [5.41, 5.74) is 0.915. The molecule has 0 aliphatic rings. The molecule has 0 aliphatic heterocycles. The molecule has 0 amide bonds. The Balaban J connectivity index is 2.12. The van der Waals surface area contributed by atoms with E-state index in [0.29, 0.717) is 9.71 Å². The smallest absolute Gasteiger partial charge is 0.184 e. The van der Waals surface area contributed by atoms with Gasteiger partial charge in [0.2, 0.25) is 0 Å². The van der Waals surface area contributed by atoms with Gasteiger partial charge in [0.1, 0.15) is 9.84 Å². The normalized spacial score (nSPS) is 11.6. The number of sulfone groups is 1. The number of rotatable bonds is 5. The molecule has 4 nitrogen and oxygen atoms in total. The molecule has 1 heterocycles. The van der Waals surface area contributed by atoms with Crippen LogP contribution in [0.3, 0.4) is 0 Å². The molecule has 0 N–H and O–H groups in total. The highest BCUT2D eigenvalue weighted by Gasteiger charge is 2.08. The summed E-state index contributed by atoms with van der Waals surface area (Å²) in [6.45, 7) is 0. The van der Waals surface area contributed by atoms with Crippen molar-refractivity contribution in [3.8, 4) is 5.69 Å². The number of hydrogen-bond donors (Lipinski definition) is 0. The Morgan fingerprint density at radius 1 is 1.37 bits per heavy atom. The maximum absolute atomic E-state index is 11.1. The summed E-state index contributed by atoms with van der Waals surface area (Å²) in [6, 6.07) is 9.64. The van der Waals surface area contributed by atoms with Crippen LogP contribution in [-0.4, -0.2) is 36.0 Å². The number of para-hydroxylation sites is 1. The number of aromatic nitrogens is 2. The highest BCUT2D eigenvalue weighted by molar-refractivity contribution is 8.02. The summed E-state index contributed by atoms with van der Waals surface area (Å²) < 4.78 is 25.3. The minimum Gasteiger partial charge on any atom is -0.229 e. The van der Waals surface area contributed by atoms with E-state index in [2.05, 4.69) is 5.10 Å². The van der Waals surface area contributed by atoms with Crippen LogP contribution in [0.2, 0.25) is 0 Å². The lowest BCUT2D eigenvalue weighted by atomic mass is 10.3. The molecule has 0 unspecified atom stereocenters. The van der Waals surface area contributed by atoms with Gasteiger partial charge < -0.3 is 0 Å². The van der Waals surface area contributed by atoms with E-state index in [-0.39, 0.29) is 5.75 Å². The van der Waals surface area contributed by atoms with Crippen LogP contribution in [0.4, 0.5) is 0 Å². The van der Waals surface area contributed by atoms with Crippen molar-refractivity contribution in [3.63, 3.8) is 0 Å². The van der Waals surface area contributed by atoms with E-state index in [9.17, 15) is 8.42 Å². The topological polar surface area (TPSA) is 52.0 Å². The fraction of sp³-hybridized carbons (Fsp3) is 0.273. The lowest BCUT2D eigenvalue weighted by molar-refractivity contribution is 0.603. The minimum absolute atomic E-state index is 0.148. The van der Waals surface area contributed by atoms with Crippen molar-refractivity contribution in [2.45, 2.75) is 4.34 Å². The highest BCUT2D eigenvalue weighted by Crippen LogP contribution is 2.24. The molecule has 19 heavy (non-hydrogen) atoms. The third kappa shape index (κ3) is 4.41. The molecule has 102 valence electrons. The average Bonchev–Trinajstić information content (AvgIpc) is 2.70. The lowest BCUT2D eigenvalue weighted by Gasteiger charge is -1.99. The molecule has 0 atom stereocenters. The molecule has 0 bridgehead atoms. The Morgan fingerprint density at radius 3 is 2.68 bits per heavy atom. The van der Waals surface area contributed by atoms with Crippen LogP contribution in [0.25, 0.3) is 5.69 Å². The van der Waals surface area contributed by atoms with Crippen LogP contribution in [0.1, 0.15) is 0 Å². The van der Waals surface area contributed by atoms with E-state index in [0.717, 1.165) is 10.0 Å². The van der Waals surface area contributed by atoms with Gasteiger partial charge in [0.15, 0.2) is 8.29 Å². The van der Waals surface area contributed by atoms with Gasteiger partial charge >= 0.3 is 0 Å². The van der Waals surface area contributed by atoms with Crippen LogP contribution in [-0.2, 0) is 9.84 Å². The first-order chi connectivity index (χ1) is 8.96. The van der Waals surface area contributed by atoms with E-state index in [1.165, 1.54) is 29.4 Å². The van der Waals surface area contributed by atoms with Gasteiger partial charge in [-0.3, -0.25) is 0 Å². The van der Waals surface area contributed by atoms with E-state index >= 15 is 0 Å². The number of benzene rings is 1. The molecule has 2 aromatic rings. The van der Waals surface area contributed by atoms with E-state index in [4.69, 9.17) is 12.2 Å². The maximum Gasteiger partial charge on any atom is 0.184 e. The molecule has 8 heteroatoms. The zero-order valence-electron chi connectivity index (χ0n) is 10.1. The Morgan fingerprint density at radius 2 is 2.05 bits per heavy atom. The largest absolute Gasteiger partial charge is 0.229 e. The van der Waals surface area contributed by atoms with Gasteiger partial charge in [0.25, 0.3) is 0 Å². The summed E-state index contributed by atoms with van der Waals surface area (Å²) >= 11 is 8.08. The third-order valence-corrected chi connectivity index (χ3v) is 5.78. The van der Waals surface area contributed by atoms with Gasteiger partial charge in [-0.2, -0.15) is 0 Å². The molecule has 0 radical (unpaired) electrons. The second kappa shape index (κ2) is 6.17. The van der Waals surface area contributed by atoms with Gasteiger partial charge in [-0.25, -0.2) is 13.1 Å². The monoisotopic (exact) mass is 332 g/mol. The molecule has 2 rings (SSSR count). The second-order valence-corrected chi connectivity index (χ2v) is 9.08. The van der Waals surface area contributed by atoms with E-state index in [1.54, 1.807) is 4.68 Å². The van der Waals surface area contributed by atoms with Gasteiger partial charge in [0.05, 0.1) is 11.4 Å².